The number of anilines is 2. The Labute approximate surface area is 212 Å². The summed E-state index contributed by atoms with van der Waals surface area (Å²) in [5.74, 6) is -0.742. The molecule has 0 aliphatic rings. The van der Waals surface area contributed by atoms with E-state index in [1.54, 1.807) is 6.20 Å². The largest absolute Gasteiger partial charge is 0.481 e. The Bertz CT molecular complexity index is 1270. The summed E-state index contributed by atoms with van der Waals surface area (Å²) < 4.78 is 1.89. The number of unbranched alkanes of at least 4 members (excludes halogenated alkanes) is 2. The van der Waals surface area contributed by atoms with E-state index < -0.39 is 5.97 Å². The number of hydrogen-bond acceptors (Lipinski definition) is 6. The average molecular weight is 487 g/mol. The lowest BCUT2D eigenvalue weighted by atomic mass is 10.2. The quantitative estimate of drug-likeness (QED) is 0.248. The first-order chi connectivity index (χ1) is 17.5. The summed E-state index contributed by atoms with van der Waals surface area (Å²) in [5, 5.41) is 16.7. The molecule has 0 aliphatic heterocycles. The number of fused-ring (bicyclic) bond motifs is 1. The molecule has 0 bridgehead atoms. The molecule has 4 aromatic rings. The predicted octanol–water partition coefficient (Wildman–Crippen LogP) is 5.27. The highest BCUT2D eigenvalue weighted by atomic mass is 16.4. The van der Waals surface area contributed by atoms with Crippen LogP contribution in [-0.2, 0) is 11.3 Å². The number of para-hydroxylation sites is 1. The van der Waals surface area contributed by atoms with Crippen LogP contribution in [0.3, 0.4) is 0 Å². The lowest BCUT2D eigenvalue weighted by molar-refractivity contribution is -0.137. The van der Waals surface area contributed by atoms with Crippen LogP contribution in [0.15, 0.2) is 67.1 Å². The first kappa shape index (κ1) is 25.3. The van der Waals surface area contributed by atoms with E-state index in [0.717, 1.165) is 66.1 Å². The zero-order valence-electron chi connectivity index (χ0n) is 21.0. The Hall–Kier alpha value is -3.78. The highest BCUT2D eigenvalue weighted by Gasteiger charge is 2.12. The third kappa shape index (κ3) is 6.88. The summed E-state index contributed by atoms with van der Waals surface area (Å²) in [6, 6.07) is 17.0. The van der Waals surface area contributed by atoms with E-state index in [0.29, 0.717) is 12.5 Å². The maximum absolute atomic E-state index is 10.7. The van der Waals surface area contributed by atoms with Crippen molar-refractivity contribution in [2.75, 3.05) is 18.0 Å². The van der Waals surface area contributed by atoms with E-state index in [-0.39, 0.29) is 6.42 Å². The highest BCUT2D eigenvalue weighted by molar-refractivity contribution is 5.82. The fraction of sp³-hybridized carbons (Fsp3) is 0.357. The molecule has 0 atom stereocenters. The molecule has 0 saturated carbocycles. The van der Waals surface area contributed by atoms with Gasteiger partial charge >= 0.3 is 5.97 Å². The van der Waals surface area contributed by atoms with Gasteiger partial charge in [-0.15, -0.1) is 0 Å². The number of carboxylic acid groups (broad SMARTS) is 1. The normalized spacial score (nSPS) is 11.3. The third-order valence-corrected chi connectivity index (χ3v) is 6.00. The number of aryl methyl sites for hydroxylation is 1. The maximum Gasteiger partial charge on any atom is 0.303 e. The molecule has 2 heterocycles. The van der Waals surface area contributed by atoms with Gasteiger partial charge in [0.15, 0.2) is 0 Å². The van der Waals surface area contributed by atoms with Gasteiger partial charge < -0.3 is 15.3 Å². The Morgan fingerprint density at radius 3 is 2.64 bits per heavy atom. The second-order valence-electron chi connectivity index (χ2n) is 9.22. The van der Waals surface area contributed by atoms with Gasteiger partial charge in [0.1, 0.15) is 0 Å². The number of carboxylic acids is 1. The van der Waals surface area contributed by atoms with Gasteiger partial charge in [0.2, 0.25) is 0 Å². The van der Waals surface area contributed by atoms with Crippen LogP contribution < -0.4 is 10.2 Å². The molecule has 0 radical (unpaired) electrons. The standard InChI is InChI=1S/C28H34N6O2/c1-21(2)29-14-16-34(23-9-5-3-6-10-23)24-12-13-25-26(17-24)32-27(19-30-25)22-18-31-33(20-22)15-8-4-7-11-28(35)36/h3,5-6,9-10,12-13,17-21,29H,4,7-8,11,14-16H2,1-2H3,(H,35,36). The summed E-state index contributed by atoms with van der Waals surface area (Å²) in [6.07, 6.45) is 8.24. The number of aliphatic carboxylic acids is 1. The fourth-order valence-electron chi connectivity index (χ4n) is 4.13. The van der Waals surface area contributed by atoms with Gasteiger partial charge in [-0.1, -0.05) is 38.5 Å². The van der Waals surface area contributed by atoms with E-state index in [4.69, 9.17) is 10.1 Å². The number of nitrogens with one attached hydrogen (secondary N) is 1. The number of nitrogens with zero attached hydrogens (tertiary/aromatic N) is 5. The predicted molar refractivity (Wildman–Crippen MR) is 143 cm³/mol. The van der Waals surface area contributed by atoms with Crippen LogP contribution in [0, 0.1) is 0 Å². The van der Waals surface area contributed by atoms with Crippen LogP contribution in [0.4, 0.5) is 11.4 Å². The summed E-state index contributed by atoms with van der Waals surface area (Å²) in [6.45, 7) is 6.76. The first-order valence-corrected chi connectivity index (χ1v) is 12.6. The molecule has 2 aromatic carbocycles. The second kappa shape index (κ2) is 12.3. The molecular formula is C28H34N6O2. The molecule has 4 rings (SSSR count). The summed E-state index contributed by atoms with van der Waals surface area (Å²) >= 11 is 0. The minimum Gasteiger partial charge on any atom is -0.481 e. The molecule has 2 aromatic heterocycles. The molecule has 2 N–H and O–H groups in total. The molecule has 8 heteroatoms. The number of rotatable bonds is 13. The molecule has 0 unspecified atom stereocenters. The highest BCUT2D eigenvalue weighted by Crippen LogP contribution is 2.28. The van der Waals surface area contributed by atoms with Crippen molar-refractivity contribution in [3.05, 3.63) is 67.1 Å². The molecule has 8 nitrogen and oxygen atoms in total. The zero-order valence-corrected chi connectivity index (χ0v) is 21.0. The van der Waals surface area contributed by atoms with Crippen molar-refractivity contribution < 1.29 is 9.90 Å². The topological polar surface area (TPSA) is 96.2 Å². The number of aromatic nitrogens is 4. The van der Waals surface area contributed by atoms with Crippen LogP contribution in [0.2, 0.25) is 0 Å². The summed E-state index contributed by atoms with van der Waals surface area (Å²) in [4.78, 5) is 22.5. The van der Waals surface area contributed by atoms with Crippen molar-refractivity contribution in [1.82, 2.24) is 25.1 Å². The third-order valence-electron chi connectivity index (χ3n) is 6.00. The van der Waals surface area contributed by atoms with Crippen molar-refractivity contribution in [2.45, 2.75) is 52.1 Å². The SMILES string of the molecule is CC(C)NCCN(c1ccccc1)c1ccc2ncc(-c3cnn(CCCCCC(=O)O)c3)nc2c1. The molecule has 0 aliphatic carbocycles. The fourth-order valence-corrected chi connectivity index (χ4v) is 4.13. The van der Waals surface area contributed by atoms with E-state index >= 15 is 0 Å². The van der Waals surface area contributed by atoms with Crippen LogP contribution in [0.25, 0.3) is 22.3 Å². The molecule has 0 saturated heterocycles. The summed E-state index contributed by atoms with van der Waals surface area (Å²) in [7, 11) is 0. The van der Waals surface area contributed by atoms with Gasteiger partial charge in [-0.2, -0.15) is 5.10 Å². The Balaban J connectivity index is 1.52. The molecular weight excluding hydrogens is 452 g/mol. The molecule has 36 heavy (non-hydrogen) atoms. The number of carbonyl (C=O) groups is 1. The minimum atomic E-state index is -0.742. The van der Waals surface area contributed by atoms with Gasteiger partial charge in [0, 0.05) is 55.2 Å². The number of hydrogen-bond donors (Lipinski definition) is 2. The van der Waals surface area contributed by atoms with E-state index in [1.165, 1.54) is 0 Å². The van der Waals surface area contributed by atoms with Crippen molar-refractivity contribution in [3.63, 3.8) is 0 Å². The summed E-state index contributed by atoms with van der Waals surface area (Å²) in [5.41, 5.74) is 5.59. The van der Waals surface area contributed by atoms with Crippen LogP contribution in [0.1, 0.15) is 39.5 Å². The zero-order chi connectivity index (χ0) is 25.3. The molecule has 0 amide bonds. The van der Waals surface area contributed by atoms with Crippen molar-refractivity contribution in [3.8, 4) is 11.3 Å². The van der Waals surface area contributed by atoms with Crippen molar-refractivity contribution in [1.29, 1.82) is 0 Å². The van der Waals surface area contributed by atoms with E-state index in [9.17, 15) is 4.79 Å². The van der Waals surface area contributed by atoms with Crippen LogP contribution in [0.5, 0.6) is 0 Å². The lowest BCUT2D eigenvalue weighted by Crippen LogP contribution is -2.32. The smallest absolute Gasteiger partial charge is 0.303 e. The minimum absolute atomic E-state index is 0.217. The van der Waals surface area contributed by atoms with Gasteiger partial charge in [0.05, 0.1) is 29.1 Å². The second-order valence-corrected chi connectivity index (χ2v) is 9.22. The van der Waals surface area contributed by atoms with Gasteiger partial charge in [0.25, 0.3) is 0 Å². The van der Waals surface area contributed by atoms with E-state index in [2.05, 4.69) is 70.5 Å². The average Bonchev–Trinajstić information content (AvgIpc) is 3.35. The van der Waals surface area contributed by atoms with Crippen LogP contribution in [-0.4, -0.2) is 50.0 Å². The maximum atomic E-state index is 10.7. The molecule has 0 fully saturated rings. The number of benzene rings is 2. The monoisotopic (exact) mass is 486 g/mol. The molecule has 0 spiro atoms. The Morgan fingerprint density at radius 1 is 1.03 bits per heavy atom. The molecule has 188 valence electrons. The van der Waals surface area contributed by atoms with Gasteiger partial charge in [-0.3, -0.25) is 14.5 Å². The van der Waals surface area contributed by atoms with Gasteiger partial charge in [-0.25, -0.2) is 4.98 Å². The van der Waals surface area contributed by atoms with Crippen molar-refractivity contribution >= 4 is 28.4 Å². The van der Waals surface area contributed by atoms with Crippen molar-refractivity contribution in [2.24, 2.45) is 0 Å². The van der Waals surface area contributed by atoms with E-state index in [1.807, 2.05) is 29.2 Å². The van der Waals surface area contributed by atoms with Crippen LogP contribution >= 0.6 is 0 Å². The van der Waals surface area contributed by atoms with Gasteiger partial charge in [-0.05, 0) is 43.2 Å². The Morgan fingerprint density at radius 2 is 1.86 bits per heavy atom. The first-order valence-electron chi connectivity index (χ1n) is 12.6. The lowest BCUT2D eigenvalue weighted by Gasteiger charge is -2.26. The Kier molecular flexibility index (Phi) is 8.62.